The van der Waals surface area contributed by atoms with Gasteiger partial charge in [0.05, 0.1) is 16.7 Å². The first-order valence-corrected chi connectivity index (χ1v) is 7.61. The Morgan fingerprint density at radius 1 is 1.24 bits per heavy atom. The van der Waals surface area contributed by atoms with Crippen LogP contribution in [0.1, 0.15) is 0 Å². The monoisotopic (exact) mass is 366 g/mol. The molecule has 3 N–H and O–H groups in total. The van der Waals surface area contributed by atoms with Crippen molar-refractivity contribution >= 4 is 38.9 Å². The molecule has 1 aromatic rings. The SMILES string of the molecule is Nc1cc(Cl)c(S(=O)(=O)N(CCO)CC(F)(F)F)c(Cl)c1. The van der Waals surface area contributed by atoms with Crippen molar-refractivity contribution in [2.24, 2.45) is 0 Å². The summed E-state index contributed by atoms with van der Waals surface area (Å²) in [5, 5.41) is 7.97. The largest absolute Gasteiger partial charge is 0.402 e. The number of aliphatic hydroxyl groups is 1. The van der Waals surface area contributed by atoms with Crippen LogP contribution >= 0.6 is 23.2 Å². The van der Waals surface area contributed by atoms with Gasteiger partial charge in [0.25, 0.3) is 0 Å². The fourth-order valence-electron chi connectivity index (χ4n) is 1.55. The van der Waals surface area contributed by atoms with Crippen LogP contribution in [0.15, 0.2) is 17.0 Å². The smallest absolute Gasteiger partial charge is 0.399 e. The average molecular weight is 367 g/mol. The van der Waals surface area contributed by atoms with E-state index in [0.717, 1.165) is 12.1 Å². The van der Waals surface area contributed by atoms with Crippen LogP contribution in [-0.2, 0) is 10.0 Å². The predicted molar refractivity (Wildman–Crippen MR) is 72.8 cm³/mol. The molecule has 5 nitrogen and oxygen atoms in total. The van der Waals surface area contributed by atoms with Crippen LogP contribution in [0.25, 0.3) is 0 Å². The summed E-state index contributed by atoms with van der Waals surface area (Å²) in [5.41, 5.74) is 5.47. The number of nitrogens with two attached hydrogens (primary N) is 1. The number of benzene rings is 1. The molecule has 0 radical (unpaired) electrons. The van der Waals surface area contributed by atoms with E-state index in [9.17, 15) is 21.6 Å². The molecule has 0 aromatic heterocycles. The van der Waals surface area contributed by atoms with Crippen LogP contribution in [0.5, 0.6) is 0 Å². The molecule has 0 spiro atoms. The number of nitrogen functional groups attached to an aromatic ring is 1. The van der Waals surface area contributed by atoms with Gasteiger partial charge >= 0.3 is 6.18 Å². The summed E-state index contributed by atoms with van der Waals surface area (Å²) >= 11 is 11.4. The molecule has 0 amide bonds. The number of sulfonamides is 1. The molecular formula is C10H11Cl2F3N2O3S. The molecule has 120 valence electrons. The molecule has 0 saturated heterocycles. The first-order valence-electron chi connectivity index (χ1n) is 5.41. The number of rotatable bonds is 5. The Labute approximate surface area is 129 Å². The van der Waals surface area contributed by atoms with Crippen molar-refractivity contribution in [1.29, 1.82) is 0 Å². The quantitative estimate of drug-likeness (QED) is 0.781. The Balaban J connectivity index is 3.36. The lowest BCUT2D eigenvalue weighted by Gasteiger charge is -2.23. The van der Waals surface area contributed by atoms with Crippen molar-refractivity contribution in [1.82, 2.24) is 4.31 Å². The molecule has 0 fully saturated rings. The summed E-state index contributed by atoms with van der Waals surface area (Å²) in [7, 11) is -4.64. The standard InChI is InChI=1S/C10H11Cl2F3N2O3S/c11-7-3-6(16)4-8(12)9(7)21(19,20)17(1-2-18)5-10(13,14)15/h3-4,18H,1-2,5,16H2. The topological polar surface area (TPSA) is 83.6 Å². The number of hydrogen-bond donors (Lipinski definition) is 2. The minimum atomic E-state index is -4.78. The highest BCUT2D eigenvalue weighted by molar-refractivity contribution is 7.89. The van der Waals surface area contributed by atoms with E-state index in [2.05, 4.69) is 0 Å². The van der Waals surface area contributed by atoms with E-state index >= 15 is 0 Å². The second-order valence-corrected chi connectivity index (χ2v) is 6.68. The first-order chi connectivity index (χ1) is 9.49. The minimum Gasteiger partial charge on any atom is -0.399 e. The molecule has 0 atom stereocenters. The van der Waals surface area contributed by atoms with E-state index in [1.54, 1.807) is 0 Å². The molecule has 0 saturated carbocycles. The number of alkyl halides is 3. The molecule has 1 aromatic carbocycles. The van der Waals surface area contributed by atoms with Crippen LogP contribution in [-0.4, -0.2) is 43.7 Å². The van der Waals surface area contributed by atoms with Gasteiger partial charge in [-0.05, 0) is 12.1 Å². The van der Waals surface area contributed by atoms with Crippen LogP contribution in [0.4, 0.5) is 18.9 Å². The number of anilines is 1. The molecular weight excluding hydrogens is 356 g/mol. The molecule has 0 aliphatic rings. The molecule has 1 rings (SSSR count). The van der Waals surface area contributed by atoms with Crippen molar-refractivity contribution < 1.29 is 26.7 Å². The zero-order chi connectivity index (χ0) is 16.4. The number of nitrogens with zero attached hydrogens (tertiary/aromatic N) is 1. The van der Waals surface area contributed by atoms with Crippen molar-refractivity contribution in [2.45, 2.75) is 11.1 Å². The molecule has 21 heavy (non-hydrogen) atoms. The molecule has 0 heterocycles. The summed E-state index contributed by atoms with van der Waals surface area (Å²) in [5.74, 6) is 0. The van der Waals surface area contributed by atoms with Gasteiger partial charge in [-0.1, -0.05) is 23.2 Å². The maximum absolute atomic E-state index is 12.5. The van der Waals surface area contributed by atoms with Crippen molar-refractivity contribution in [3.05, 3.63) is 22.2 Å². The van der Waals surface area contributed by atoms with Gasteiger partial charge in [0, 0.05) is 12.2 Å². The number of aliphatic hydroxyl groups excluding tert-OH is 1. The third-order valence-electron chi connectivity index (χ3n) is 2.32. The zero-order valence-corrected chi connectivity index (χ0v) is 12.7. The van der Waals surface area contributed by atoms with Crippen molar-refractivity contribution in [3.63, 3.8) is 0 Å². The fraction of sp³-hybridized carbons (Fsp3) is 0.400. The van der Waals surface area contributed by atoms with Crippen LogP contribution in [0.3, 0.4) is 0 Å². The number of hydrogen-bond acceptors (Lipinski definition) is 4. The van der Waals surface area contributed by atoms with Gasteiger partial charge in [0.15, 0.2) is 0 Å². The van der Waals surface area contributed by atoms with Crippen LogP contribution < -0.4 is 5.73 Å². The highest BCUT2D eigenvalue weighted by Gasteiger charge is 2.38. The second kappa shape index (κ2) is 6.57. The number of halogens is 5. The lowest BCUT2D eigenvalue weighted by atomic mass is 10.3. The van der Waals surface area contributed by atoms with Gasteiger partial charge in [-0.3, -0.25) is 0 Å². The van der Waals surface area contributed by atoms with E-state index in [4.69, 9.17) is 34.0 Å². The maximum atomic E-state index is 12.5. The zero-order valence-electron chi connectivity index (χ0n) is 10.4. The Hall–Kier alpha value is -0.740. The predicted octanol–water partition coefficient (Wildman–Crippen LogP) is 2.12. The summed E-state index contributed by atoms with van der Waals surface area (Å²) in [4.78, 5) is -0.683. The normalized spacial score (nSPS) is 12.9. The average Bonchev–Trinajstić information content (AvgIpc) is 2.24. The molecule has 0 bridgehead atoms. The van der Waals surface area contributed by atoms with Gasteiger partial charge in [0.1, 0.15) is 11.4 Å². The molecule has 0 aliphatic heterocycles. The van der Waals surface area contributed by atoms with Gasteiger partial charge in [0.2, 0.25) is 10.0 Å². The third kappa shape index (κ3) is 4.62. The van der Waals surface area contributed by atoms with Crippen LogP contribution in [0, 0.1) is 0 Å². The summed E-state index contributed by atoms with van der Waals surface area (Å²) in [6.07, 6.45) is -4.78. The minimum absolute atomic E-state index is 0.0519. The van der Waals surface area contributed by atoms with E-state index in [1.165, 1.54) is 0 Å². The van der Waals surface area contributed by atoms with Gasteiger partial charge in [-0.15, -0.1) is 0 Å². The van der Waals surface area contributed by atoms with Gasteiger partial charge in [-0.2, -0.15) is 17.5 Å². The van der Waals surface area contributed by atoms with E-state index in [1.807, 2.05) is 0 Å². The molecule has 0 unspecified atom stereocenters. The van der Waals surface area contributed by atoms with Crippen LogP contribution in [0.2, 0.25) is 10.0 Å². The second-order valence-electron chi connectivity index (χ2n) is 3.99. The Kier molecular flexibility index (Phi) is 5.73. The Morgan fingerprint density at radius 2 is 1.71 bits per heavy atom. The summed E-state index contributed by atoms with van der Waals surface area (Å²) in [6, 6.07) is 2.12. The lowest BCUT2D eigenvalue weighted by Crippen LogP contribution is -2.40. The fourth-order valence-corrected chi connectivity index (χ4v) is 4.15. The first kappa shape index (κ1) is 18.3. The van der Waals surface area contributed by atoms with Gasteiger partial charge in [-0.25, -0.2) is 8.42 Å². The molecule has 11 heteroatoms. The third-order valence-corrected chi connectivity index (χ3v) is 5.09. The van der Waals surface area contributed by atoms with Gasteiger partial charge < -0.3 is 10.8 Å². The molecule has 0 aliphatic carbocycles. The highest BCUT2D eigenvalue weighted by atomic mass is 35.5. The van der Waals surface area contributed by atoms with E-state index < -0.39 is 50.8 Å². The van der Waals surface area contributed by atoms with E-state index in [0.29, 0.717) is 0 Å². The van der Waals surface area contributed by atoms with Crippen molar-refractivity contribution in [3.8, 4) is 0 Å². The Bertz CT molecular complexity index is 599. The lowest BCUT2D eigenvalue weighted by molar-refractivity contribution is -0.136. The summed E-state index contributed by atoms with van der Waals surface area (Å²) < 4.78 is 62.0. The maximum Gasteiger partial charge on any atom is 0.402 e. The highest BCUT2D eigenvalue weighted by Crippen LogP contribution is 2.34. The van der Waals surface area contributed by atoms with Crippen molar-refractivity contribution in [2.75, 3.05) is 25.4 Å². The Morgan fingerprint density at radius 3 is 2.10 bits per heavy atom. The van der Waals surface area contributed by atoms with E-state index in [-0.39, 0.29) is 9.99 Å². The summed E-state index contributed by atoms with van der Waals surface area (Å²) in [6.45, 7) is -3.31.